The van der Waals surface area contributed by atoms with Gasteiger partial charge in [0.25, 0.3) is 0 Å². The monoisotopic (exact) mass is 468 g/mol. The Hall–Kier alpha value is -3.33. The number of hydrogen-bond donors (Lipinski definition) is 1. The summed E-state index contributed by atoms with van der Waals surface area (Å²) in [6, 6.07) is 6.75. The highest BCUT2D eigenvalue weighted by Crippen LogP contribution is 2.27. The topological polar surface area (TPSA) is 95.3 Å². The summed E-state index contributed by atoms with van der Waals surface area (Å²) < 4.78 is 27.7. The van der Waals surface area contributed by atoms with Crippen LogP contribution in [0.25, 0.3) is 22.2 Å². The third kappa shape index (κ3) is 4.79. The SMILES string of the molecule is CCc1cc(=O)c2ccc(-c3nc(N[C@@H]4CCOC[C@H]4OC(C)=O)ncc3F)cc2n1C(C)C. The van der Waals surface area contributed by atoms with Crippen LogP contribution in [0.1, 0.15) is 45.9 Å². The molecule has 3 heterocycles. The number of fused-ring (bicyclic) bond motifs is 1. The maximum atomic E-state index is 14.9. The first-order valence-electron chi connectivity index (χ1n) is 11.5. The van der Waals surface area contributed by atoms with E-state index in [1.54, 1.807) is 24.3 Å². The zero-order valence-corrected chi connectivity index (χ0v) is 19.8. The summed E-state index contributed by atoms with van der Waals surface area (Å²) in [6.07, 6.45) is 1.92. The molecular formula is C25H29FN4O4. The number of aromatic nitrogens is 3. The van der Waals surface area contributed by atoms with E-state index in [2.05, 4.69) is 33.7 Å². The van der Waals surface area contributed by atoms with Gasteiger partial charge in [0.05, 0.1) is 24.4 Å². The van der Waals surface area contributed by atoms with Gasteiger partial charge in [-0.15, -0.1) is 0 Å². The molecule has 0 saturated carbocycles. The molecule has 0 unspecified atom stereocenters. The molecule has 180 valence electrons. The van der Waals surface area contributed by atoms with E-state index in [4.69, 9.17) is 9.47 Å². The number of carbonyl (C=O) groups excluding carboxylic acids is 1. The number of rotatable bonds is 6. The third-order valence-corrected chi connectivity index (χ3v) is 5.96. The number of halogens is 1. The lowest BCUT2D eigenvalue weighted by Crippen LogP contribution is -2.44. The Bertz CT molecular complexity index is 1270. The number of esters is 1. The number of aryl methyl sites for hydroxylation is 1. The normalized spacial score (nSPS) is 18.3. The molecule has 1 saturated heterocycles. The molecule has 1 N–H and O–H groups in total. The zero-order chi connectivity index (χ0) is 24.4. The van der Waals surface area contributed by atoms with Gasteiger partial charge >= 0.3 is 5.97 Å². The first-order valence-corrected chi connectivity index (χ1v) is 11.5. The van der Waals surface area contributed by atoms with Crippen LogP contribution in [0.3, 0.4) is 0 Å². The van der Waals surface area contributed by atoms with Gasteiger partial charge in [-0.05, 0) is 38.8 Å². The Balaban J connectivity index is 1.74. The van der Waals surface area contributed by atoms with Crippen molar-refractivity contribution in [1.29, 1.82) is 0 Å². The van der Waals surface area contributed by atoms with Gasteiger partial charge in [0, 0.05) is 42.3 Å². The Labute approximate surface area is 197 Å². The summed E-state index contributed by atoms with van der Waals surface area (Å²) in [6.45, 7) is 8.22. The van der Waals surface area contributed by atoms with Crippen LogP contribution < -0.4 is 10.7 Å². The highest BCUT2D eigenvalue weighted by Gasteiger charge is 2.29. The van der Waals surface area contributed by atoms with Crippen molar-refractivity contribution in [1.82, 2.24) is 14.5 Å². The zero-order valence-electron chi connectivity index (χ0n) is 19.8. The fraction of sp³-hybridized carbons (Fsp3) is 0.440. The van der Waals surface area contributed by atoms with E-state index in [0.29, 0.717) is 30.4 Å². The highest BCUT2D eigenvalue weighted by molar-refractivity contribution is 5.84. The fourth-order valence-corrected chi connectivity index (χ4v) is 4.43. The summed E-state index contributed by atoms with van der Waals surface area (Å²) in [5.74, 6) is -0.746. The van der Waals surface area contributed by atoms with E-state index < -0.39 is 17.9 Å². The van der Waals surface area contributed by atoms with E-state index in [9.17, 15) is 14.0 Å². The van der Waals surface area contributed by atoms with Crippen LogP contribution in [0.2, 0.25) is 0 Å². The summed E-state index contributed by atoms with van der Waals surface area (Å²) in [5, 5.41) is 3.74. The molecule has 3 aromatic rings. The van der Waals surface area contributed by atoms with Crippen molar-refractivity contribution in [3.63, 3.8) is 0 Å². The van der Waals surface area contributed by atoms with Gasteiger partial charge < -0.3 is 19.4 Å². The van der Waals surface area contributed by atoms with Crippen molar-refractivity contribution >= 4 is 22.8 Å². The number of carbonyl (C=O) groups is 1. The van der Waals surface area contributed by atoms with Crippen LogP contribution in [0.4, 0.5) is 10.3 Å². The molecule has 2 aromatic heterocycles. The predicted octanol–water partition coefficient (Wildman–Crippen LogP) is 3.87. The number of ether oxygens (including phenoxy) is 2. The summed E-state index contributed by atoms with van der Waals surface area (Å²) >= 11 is 0. The van der Waals surface area contributed by atoms with Crippen LogP contribution in [0, 0.1) is 5.82 Å². The van der Waals surface area contributed by atoms with Crippen LogP contribution in [0.5, 0.6) is 0 Å². The number of nitrogens with one attached hydrogen (secondary N) is 1. The predicted molar refractivity (Wildman–Crippen MR) is 127 cm³/mol. The van der Waals surface area contributed by atoms with Crippen LogP contribution in [0.15, 0.2) is 35.3 Å². The van der Waals surface area contributed by atoms with Crippen LogP contribution in [-0.2, 0) is 20.7 Å². The van der Waals surface area contributed by atoms with E-state index in [-0.39, 0.29) is 35.8 Å². The first kappa shape index (κ1) is 23.8. The molecule has 0 aliphatic carbocycles. The molecule has 8 nitrogen and oxygen atoms in total. The minimum absolute atomic E-state index is 0.0585. The number of benzene rings is 1. The molecule has 1 aliphatic rings. The Morgan fingerprint density at radius 1 is 1.35 bits per heavy atom. The molecule has 9 heteroatoms. The van der Waals surface area contributed by atoms with Gasteiger partial charge in [-0.1, -0.05) is 13.0 Å². The fourth-order valence-electron chi connectivity index (χ4n) is 4.43. The Morgan fingerprint density at radius 2 is 2.15 bits per heavy atom. The van der Waals surface area contributed by atoms with Crippen molar-refractivity contribution in [3.05, 3.63) is 52.2 Å². The number of pyridine rings is 1. The molecule has 1 aromatic carbocycles. The van der Waals surface area contributed by atoms with Gasteiger partial charge in [-0.3, -0.25) is 9.59 Å². The van der Waals surface area contributed by atoms with E-state index in [1.165, 1.54) is 6.92 Å². The standard InChI is InChI=1S/C25H29FN4O4/c1-5-17-11-22(32)18-7-6-16(10-21(18)30(17)14(2)3)24-19(26)12-27-25(29-24)28-20-8-9-33-13-23(20)34-15(4)31/h6-7,10-12,14,20,23H,5,8-9,13H2,1-4H3,(H,27,28,29)/t20-,23-/m1/s1. The van der Waals surface area contributed by atoms with E-state index in [1.807, 2.05) is 6.92 Å². The molecule has 2 atom stereocenters. The molecular weight excluding hydrogens is 439 g/mol. The second-order valence-electron chi connectivity index (χ2n) is 8.70. The van der Waals surface area contributed by atoms with Crippen molar-refractivity contribution in [2.75, 3.05) is 18.5 Å². The third-order valence-electron chi connectivity index (χ3n) is 5.96. The van der Waals surface area contributed by atoms with Crippen molar-refractivity contribution < 1.29 is 18.7 Å². The van der Waals surface area contributed by atoms with Gasteiger partial charge in [-0.25, -0.2) is 14.4 Å². The van der Waals surface area contributed by atoms with Gasteiger partial charge in [-0.2, -0.15) is 0 Å². The quantitative estimate of drug-likeness (QED) is 0.549. The summed E-state index contributed by atoms with van der Waals surface area (Å²) in [5.41, 5.74) is 2.27. The molecule has 0 radical (unpaired) electrons. The van der Waals surface area contributed by atoms with Gasteiger partial charge in [0.2, 0.25) is 5.95 Å². The van der Waals surface area contributed by atoms with Crippen LogP contribution in [-0.4, -0.2) is 45.9 Å². The lowest BCUT2D eigenvalue weighted by molar-refractivity contribution is -0.153. The first-order chi connectivity index (χ1) is 16.3. The Kier molecular flexibility index (Phi) is 6.92. The highest BCUT2D eigenvalue weighted by atomic mass is 19.1. The molecule has 34 heavy (non-hydrogen) atoms. The molecule has 0 bridgehead atoms. The Morgan fingerprint density at radius 3 is 2.85 bits per heavy atom. The number of nitrogens with zero attached hydrogens (tertiary/aromatic N) is 3. The average molecular weight is 469 g/mol. The van der Waals surface area contributed by atoms with Crippen molar-refractivity contribution in [2.45, 2.75) is 58.7 Å². The molecule has 1 aliphatic heterocycles. The smallest absolute Gasteiger partial charge is 0.303 e. The molecule has 1 fully saturated rings. The molecule has 0 spiro atoms. The average Bonchev–Trinajstić information content (AvgIpc) is 2.80. The van der Waals surface area contributed by atoms with Gasteiger partial charge in [0.1, 0.15) is 11.8 Å². The molecule has 0 amide bonds. The molecule has 4 rings (SSSR count). The minimum Gasteiger partial charge on any atom is -0.458 e. The maximum Gasteiger partial charge on any atom is 0.303 e. The van der Waals surface area contributed by atoms with Crippen molar-refractivity contribution in [2.24, 2.45) is 0 Å². The van der Waals surface area contributed by atoms with Gasteiger partial charge in [0.15, 0.2) is 11.2 Å². The summed E-state index contributed by atoms with van der Waals surface area (Å²) in [7, 11) is 0. The van der Waals surface area contributed by atoms with E-state index >= 15 is 0 Å². The lowest BCUT2D eigenvalue weighted by atomic mass is 10.1. The minimum atomic E-state index is -0.571. The second kappa shape index (κ2) is 9.89. The lowest BCUT2D eigenvalue weighted by Gasteiger charge is -2.31. The number of anilines is 1. The van der Waals surface area contributed by atoms with Crippen molar-refractivity contribution in [3.8, 4) is 11.3 Å². The summed E-state index contributed by atoms with van der Waals surface area (Å²) in [4.78, 5) is 32.6. The van der Waals surface area contributed by atoms with Crippen LogP contribution >= 0.6 is 0 Å². The second-order valence-corrected chi connectivity index (χ2v) is 8.70. The number of hydrogen-bond acceptors (Lipinski definition) is 7. The van der Waals surface area contributed by atoms with E-state index in [0.717, 1.165) is 17.4 Å². The maximum absolute atomic E-state index is 14.9. The largest absolute Gasteiger partial charge is 0.458 e.